The van der Waals surface area contributed by atoms with E-state index in [9.17, 15) is 9.59 Å². The molecule has 2 atom stereocenters. The minimum Gasteiger partial charge on any atom is -0.303 e. The van der Waals surface area contributed by atoms with Crippen LogP contribution in [0.4, 0.5) is 0 Å². The highest BCUT2D eigenvalue weighted by atomic mass is 16.1. The number of rotatable bonds is 10. The number of carbonyl (C=O) groups is 2. The van der Waals surface area contributed by atoms with Gasteiger partial charge in [-0.1, -0.05) is 37.6 Å². The van der Waals surface area contributed by atoms with E-state index in [4.69, 9.17) is 0 Å². The Labute approximate surface area is 136 Å². The molecule has 0 aromatic rings. The Kier molecular flexibility index (Phi) is 7.25. The minimum atomic E-state index is 0.260. The Morgan fingerprint density at radius 3 is 2.41 bits per heavy atom. The van der Waals surface area contributed by atoms with Gasteiger partial charge in [-0.2, -0.15) is 0 Å². The zero-order valence-corrected chi connectivity index (χ0v) is 14.8. The molecule has 0 amide bonds. The second-order valence-corrected chi connectivity index (χ2v) is 7.60. The lowest BCUT2D eigenvalue weighted by molar-refractivity contribution is -0.117. The maximum absolute atomic E-state index is 11.0. The molecular formula is C20H32O2. The third-order valence-corrected chi connectivity index (χ3v) is 5.18. The molecule has 0 aliphatic heterocycles. The molecule has 0 heterocycles. The first-order chi connectivity index (χ1) is 10.3. The van der Waals surface area contributed by atoms with E-state index in [0.717, 1.165) is 25.5 Å². The molecule has 22 heavy (non-hydrogen) atoms. The highest BCUT2D eigenvalue weighted by Gasteiger charge is 2.47. The fraction of sp³-hybridized carbons (Fsp3) is 0.700. The van der Waals surface area contributed by atoms with Crippen LogP contribution in [0.5, 0.6) is 0 Å². The van der Waals surface area contributed by atoms with E-state index in [1.807, 2.05) is 0 Å². The van der Waals surface area contributed by atoms with Gasteiger partial charge in [0.2, 0.25) is 0 Å². The van der Waals surface area contributed by atoms with Crippen molar-refractivity contribution in [3.05, 3.63) is 23.8 Å². The topological polar surface area (TPSA) is 34.1 Å². The SMILES string of the molecule is C=C(CCC=O)[C@H]1CC(C)(C)[C@@H]1CC/C(C)=C/CCC(C)=O. The van der Waals surface area contributed by atoms with Gasteiger partial charge in [0.25, 0.3) is 0 Å². The van der Waals surface area contributed by atoms with E-state index in [0.29, 0.717) is 30.1 Å². The highest BCUT2D eigenvalue weighted by Crippen LogP contribution is 2.56. The molecule has 0 radical (unpaired) electrons. The van der Waals surface area contributed by atoms with Crippen molar-refractivity contribution in [2.24, 2.45) is 17.3 Å². The lowest BCUT2D eigenvalue weighted by atomic mass is 9.52. The number of Topliss-reactive ketones (excluding diaryl/α,β-unsaturated/α-hetero) is 1. The van der Waals surface area contributed by atoms with Crippen LogP contribution in [0.2, 0.25) is 0 Å². The van der Waals surface area contributed by atoms with Gasteiger partial charge in [0, 0.05) is 12.8 Å². The van der Waals surface area contributed by atoms with Crippen molar-refractivity contribution in [1.29, 1.82) is 0 Å². The monoisotopic (exact) mass is 304 g/mol. The van der Waals surface area contributed by atoms with Gasteiger partial charge in [0.1, 0.15) is 12.1 Å². The minimum absolute atomic E-state index is 0.260. The fourth-order valence-corrected chi connectivity index (χ4v) is 3.70. The molecule has 1 aliphatic carbocycles. The van der Waals surface area contributed by atoms with E-state index in [1.165, 1.54) is 24.0 Å². The molecule has 0 unspecified atom stereocenters. The molecule has 1 aliphatic rings. The van der Waals surface area contributed by atoms with Gasteiger partial charge in [-0.15, -0.1) is 0 Å². The molecule has 0 spiro atoms. The predicted octanol–water partition coefficient (Wildman–Crippen LogP) is 5.28. The molecule has 0 saturated heterocycles. The number of carbonyl (C=O) groups excluding carboxylic acids is 2. The highest BCUT2D eigenvalue weighted by molar-refractivity contribution is 5.75. The average Bonchev–Trinajstić information content (AvgIpc) is 2.42. The Morgan fingerprint density at radius 2 is 1.86 bits per heavy atom. The van der Waals surface area contributed by atoms with Crippen LogP contribution in [0.25, 0.3) is 0 Å². The fourth-order valence-electron chi connectivity index (χ4n) is 3.70. The summed E-state index contributed by atoms with van der Waals surface area (Å²) in [6.07, 6.45) is 9.64. The molecule has 1 rings (SSSR count). The van der Waals surface area contributed by atoms with E-state index < -0.39 is 0 Å². The van der Waals surface area contributed by atoms with Crippen molar-refractivity contribution in [2.75, 3.05) is 0 Å². The van der Waals surface area contributed by atoms with Gasteiger partial charge in [0.15, 0.2) is 0 Å². The average molecular weight is 304 g/mol. The van der Waals surface area contributed by atoms with Crippen molar-refractivity contribution in [1.82, 2.24) is 0 Å². The van der Waals surface area contributed by atoms with Gasteiger partial charge in [-0.05, 0) is 63.2 Å². The molecule has 0 N–H and O–H groups in total. The maximum Gasteiger partial charge on any atom is 0.130 e. The van der Waals surface area contributed by atoms with E-state index in [2.05, 4.69) is 33.4 Å². The zero-order chi connectivity index (χ0) is 16.8. The standard InChI is InChI=1S/C20H32O2/c1-15(8-6-10-17(3)22)11-12-19-18(14-20(19,4)5)16(2)9-7-13-21/h8,13,18-19H,2,6-7,9-12,14H2,1,3-5H3/b15-8+/t18-,19-/m1/s1. The molecule has 0 aromatic carbocycles. The number of aldehydes is 1. The zero-order valence-electron chi connectivity index (χ0n) is 14.8. The lowest BCUT2D eigenvalue weighted by Crippen LogP contribution is -2.44. The Balaban J connectivity index is 2.48. The third-order valence-electron chi connectivity index (χ3n) is 5.18. The second kappa shape index (κ2) is 8.45. The largest absolute Gasteiger partial charge is 0.303 e. The molecule has 2 nitrogen and oxygen atoms in total. The summed E-state index contributed by atoms with van der Waals surface area (Å²) in [5, 5.41) is 0. The number of ketones is 1. The normalized spacial score (nSPS) is 23.7. The summed E-state index contributed by atoms with van der Waals surface area (Å²) in [4.78, 5) is 21.5. The first-order valence-corrected chi connectivity index (χ1v) is 8.54. The van der Waals surface area contributed by atoms with Gasteiger partial charge in [-0.3, -0.25) is 0 Å². The van der Waals surface area contributed by atoms with E-state index in [-0.39, 0.29) is 5.78 Å². The maximum atomic E-state index is 11.0. The van der Waals surface area contributed by atoms with Crippen LogP contribution < -0.4 is 0 Å². The molecule has 124 valence electrons. The first kappa shape index (κ1) is 18.9. The number of hydrogen-bond acceptors (Lipinski definition) is 2. The number of hydrogen-bond donors (Lipinski definition) is 0. The summed E-state index contributed by atoms with van der Waals surface area (Å²) in [7, 11) is 0. The van der Waals surface area contributed by atoms with Gasteiger partial charge in [-0.25, -0.2) is 0 Å². The van der Waals surface area contributed by atoms with Crippen molar-refractivity contribution >= 4 is 12.1 Å². The van der Waals surface area contributed by atoms with Crippen molar-refractivity contribution in [3.63, 3.8) is 0 Å². The summed E-state index contributed by atoms with van der Waals surface area (Å²) in [5.41, 5.74) is 3.03. The third kappa shape index (κ3) is 5.55. The summed E-state index contributed by atoms with van der Waals surface area (Å²) in [6, 6.07) is 0. The number of allylic oxidation sites excluding steroid dienone is 3. The first-order valence-electron chi connectivity index (χ1n) is 8.54. The van der Waals surface area contributed by atoms with Crippen LogP contribution in [-0.4, -0.2) is 12.1 Å². The quantitative estimate of drug-likeness (QED) is 0.406. The van der Waals surface area contributed by atoms with E-state index in [1.54, 1.807) is 6.92 Å². The molecule has 2 heteroatoms. The second-order valence-electron chi connectivity index (χ2n) is 7.60. The smallest absolute Gasteiger partial charge is 0.130 e. The van der Waals surface area contributed by atoms with Crippen LogP contribution >= 0.6 is 0 Å². The van der Waals surface area contributed by atoms with Gasteiger partial charge >= 0.3 is 0 Å². The molecule has 1 saturated carbocycles. The lowest BCUT2D eigenvalue weighted by Gasteiger charge is -2.53. The van der Waals surface area contributed by atoms with Crippen molar-refractivity contribution in [2.45, 2.75) is 72.6 Å². The van der Waals surface area contributed by atoms with Crippen LogP contribution in [0, 0.1) is 17.3 Å². The van der Waals surface area contributed by atoms with Gasteiger partial charge < -0.3 is 9.59 Å². The van der Waals surface area contributed by atoms with Crippen molar-refractivity contribution in [3.8, 4) is 0 Å². The molecule has 0 aromatic heterocycles. The Morgan fingerprint density at radius 1 is 1.18 bits per heavy atom. The van der Waals surface area contributed by atoms with Crippen LogP contribution in [0.3, 0.4) is 0 Å². The Hall–Kier alpha value is -1.18. The van der Waals surface area contributed by atoms with Crippen molar-refractivity contribution < 1.29 is 9.59 Å². The molecular weight excluding hydrogens is 272 g/mol. The van der Waals surface area contributed by atoms with Crippen LogP contribution in [0.1, 0.15) is 72.6 Å². The summed E-state index contributed by atoms with van der Waals surface area (Å²) >= 11 is 0. The predicted molar refractivity (Wildman–Crippen MR) is 92.7 cm³/mol. The summed E-state index contributed by atoms with van der Waals surface area (Å²) in [5.74, 6) is 1.51. The van der Waals surface area contributed by atoms with Gasteiger partial charge in [0.05, 0.1) is 0 Å². The van der Waals surface area contributed by atoms with Crippen LogP contribution in [0.15, 0.2) is 23.8 Å². The molecule has 1 fully saturated rings. The summed E-state index contributed by atoms with van der Waals surface area (Å²) in [6.45, 7) is 12.7. The Bertz CT molecular complexity index is 443. The molecule has 0 bridgehead atoms. The summed E-state index contributed by atoms with van der Waals surface area (Å²) < 4.78 is 0. The van der Waals surface area contributed by atoms with E-state index >= 15 is 0 Å². The van der Waals surface area contributed by atoms with Crippen LogP contribution in [-0.2, 0) is 9.59 Å².